The van der Waals surface area contributed by atoms with Crippen LogP contribution in [0.5, 0.6) is 5.75 Å². The van der Waals surface area contributed by atoms with E-state index in [1.807, 2.05) is 24.3 Å². The zero-order valence-corrected chi connectivity index (χ0v) is 14.9. The van der Waals surface area contributed by atoms with Gasteiger partial charge in [-0.25, -0.2) is 9.37 Å². The third-order valence-electron chi connectivity index (χ3n) is 3.97. The Balaban J connectivity index is 1.52. The molecule has 0 atom stereocenters. The van der Waals surface area contributed by atoms with Crippen LogP contribution in [0.4, 0.5) is 15.8 Å². The lowest BCUT2D eigenvalue weighted by atomic mass is 10.1. The number of methoxy groups -OCH3 is 1. The Bertz CT molecular complexity index is 896. The molecule has 2 aromatic carbocycles. The van der Waals surface area contributed by atoms with E-state index in [0.29, 0.717) is 18.7 Å². The number of halogens is 1. The molecular formula is C21H20FN3O2. The summed E-state index contributed by atoms with van der Waals surface area (Å²) in [6.07, 6.45) is 2.23. The van der Waals surface area contributed by atoms with Crippen molar-refractivity contribution in [2.45, 2.75) is 6.42 Å². The molecule has 1 amide bonds. The second kappa shape index (κ2) is 8.80. The number of amides is 1. The highest BCUT2D eigenvalue weighted by Gasteiger charge is 2.07. The van der Waals surface area contributed by atoms with E-state index < -0.39 is 0 Å². The molecule has 6 heteroatoms. The van der Waals surface area contributed by atoms with Crippen LogP contribution < -0.4 is 15.4 Å². The third-order valence-corrected chi connectivity index (χ3v) is 3.97. The molecule has 0 saturated carbocycles. The summed E-state index contributed by atoms with van der Waals surface area (Å²) in [6.45, 7) is 0.454. The molecule has 0 spiro atoms. The van der Waals surface area contributed by atoms with Crippen molar-refractivity contribution in [3.05, 3.63) is 83.9 Å². The van der Waals surface area contributed by atoms with Crippen LogP contribution in [-0.2, 0) is 6.42 Å². The quantitative estimate of drug-likeness (QED) is 0.666. The molecule has 3 aromatic rings. The lowest BCUT2D eigenvalue weighted by Gasteiger charge is -2.09. The maximum absolute atomic E-state index is 12.9. The monoisotopic (exact) mass is 365 g/mol. The SMILES string of the molecule is COc1cccc(Nc2ccc(C(=O)NCCc3ccc(F)cc3)nc2)c1. The van der Waals surface area contributed by atoms with Gasteiger partial charge >= 0.3 is 0 Å². The van der Waals surface area contributed by atoms with Gasteiger partial charge in [-0.2, -0.15) is 0 Å². The van der Waals surface area contributed by atoms with Crippen LogP contribution in [0.3, 0.4) is 0 Å². The average Bonchev–Trinajstić information content (AvgIpc) is 2.70. The van der Waals surface area contributed by atoms with Crippen LogP contribution in [0.1, 0.15) is 16.1 Å². The summed E-state index contributed by atoms with van der Waals surface area (Å²) in [4.78, 5) is 16.4. The lowest BCUT2D eigenvalue weighted by Crippen LogP contribution is -2.26. The smallest absolute Gasteiger partial charge is 0.269 e. The predicted molar refractivity (Wildman–Crippen MR) is 103 cm³/mol. The van der Waals surface area contributed by atoms with Crippen molar-refractivity contribution in [2.75, 3.05) is 19.0 Å². The Morgan fingerprint density at radius 1 is 1.07 bits per heavy atom. The summed E-state index contributed by atoms with van der Waals surface area (Å²) in [5.41, 5.74) is 2.94. The number of rotatable bonds is 7. The van der Waals surface area contributed by atoms with Gasteiger partial charge in [0.15, 0.2) is 0 Å². The normalized spacial score (nSPS) is 10.3. The summed E-state index contributed by atoms with van der Waals surface area (Å²) in [5, 5.41) is 6.02. The van der Waals surface area contributed by atoms with E-state index in [9.17, 15) is 9.18 Å². The molecule has 0 fully saturated rings. The Morgan fingerprint density at radius 3 is 2.59 bits per heavy atom. The van der Waals surface area contributed by atoms with E-state index in [1.165, 1.54) is 12.1 Å². The molecule has 1 aromatic heterocycles. The van der Waals surface area contributed by atoms with Gasteiger partial charge in [0.2, 0.25) is 0 Å². The molecule has 0 aliphatic rings. The van der Waals surface area contributed by atoms with Gasteiger partial charge < -0.3 is 15.4 Å². The Kier molecular flexibility index (Phi) is 5.99. The molecule has 0 aliphatic carbocycles. The summed E-state index contributed by atoms with van der Waals surface area (Å²) >= 11 is 0. The minimum atomic E-state index is -0.269. The molecule has 2 N–H and O–H groups in total. The van der Waals surface area contributed by atoms with Gasteiger partial charge in [-0.1, -0.05) is 18.2 Å². The minimum Gasteiger partial charge on any atom is -0.497 e. The maximum Gasteiger partial charge on any atom is 0.269 e. The molecule has 0 bridgehead atoms. The number of carbonyl (C=O) groups is 1. The first-order chi connectivity index (χ1) is 13.1. The van der Waals surface area contributed by atoms with E-state index in [-0.39, 0.29) is 11.7 Å². The van der Waals surface area contributed by atoms with Gasteiger partial charge in [0.25, 0.3) is 5.91 Å². The van der Waals surface area contributed by atoms with Crippen molar-refractivity contribution in [3.63, 3.8) is 0 Å². The fourth-order valence-corrected chi connectivity index (χ4v) is 2.53. The number of anilines is 2. The van der Waals surface area contributed by atoms with Crippen molar-refractivity contribution in [1.29, 1.82) is 0 Å². The highest BCUT2D eigenvalue weighted by Crippen LogP contribution is 2.20. The summed E-state index contributed by atoms with van der Waals surface area (Å²) in [6, 6.07) is 17.2. The second-order valence-electron chi connectivity index (χ2n) is 5.92. The number of hydrogen-bond donors (Lipinski definition) is 2. The number of aromatic nitrogens is 1. The van der Waals surface area contributed by atoms with E-state index in [2.05, 4.69) is 15.6 Å². The highest BCUT2D eigenvalue weighted by atomic mass is 19.1. The van der Waals surface area contributed by atoms with Crippen molar-refractivity contribution in [2.24, 2.45) is 0 Å². The molecule has 0 aliphatic heterocycles. The van der Waals surface area contributed by atoms with Crippen molar-refractivity contribution in [3.8, 4) is 5.75 Å². The third kappa shape index (κ3) is 5.28. The summed E-state index contributed by atoms with van der Waals surface area (Å²) in [5.74, 6) is 0.241. The largest absolute Gasteiger partial charge is 0.497 e. The molecule has 0 saturated heterocycles. The molecule has 138 valence electrons. The standard InChI is InChI=1S/C21H20FN3O2/c1-27-19-4-2-3-17(13-19)25-18-9-10-20(24-14-18)21(26)23-12-11-15-5-7-16(22)8-6-15/h2-10,13-14,25H,11-12H2,1H3,(H,23,26). The van der Waals surface area contributed by atoms with Crippen LogP contribution in [-0.4, -0.2) is 24.5 Å². The first-order valence-electron chi connectivity index (χ1n) is 8.54. The molecule has 1 heterocycles. The number of ether oxygens (including phenoxy) is 1. The number of nitrogens with zero attached hydrogens (tertiary/aromatic N) is 1. The summed E-state index contributed by atoms with van der Waals surface area (Å²) in [7, 11) is 1.62. The van der Waals surface area contributed by atoms with E-state index in [0.717, 1.165) is 22.7 Å². The van der Waals surface area contributed by atoms with Crippen LogP contribution in [0.2, 0.25) is 0 Å². The number of carbonyl (C=O) groups excluding carboxylic acids is 1. The summed E-state index contributed by atoms with van der Waals surface area (Å²) < 4.78 is 18.1. The van der Waals surface area contributed by atoms with Gasteiger partial charge in [-0.15, -0.1) is 0 Å². The number of benzene rings is 2. The fraction of sp³-hybridized carbons (Fsp3) is 0.143. The Morgan fingerprint density at radius 2 is 1.89 bits per heavy atom. The first kappa shape index (κ1) is 18.4. The molecule has 5 nitrogen and oxygen atoms in total. The van der Waals surface area contributed by atoms with Gasteiger partial charge in [-0.3, -0.25) is 4.79 Å². The van der Waals surface area contributed by atoms with Crippen molar-refractivity contribution in [1.82, 2.24) is 10.3 Å². The Hall–Kier alpha value is -3.41. The van der Waals surface area contributed by atoms with Crippen molar-refractivity contribution < 1.29 is 13.9 Å². The average molecular weight is 365 g/mol. The number of hydrogen-bond acceptors (Lipinski definition) is 4. The molecule has 27 heavy (non-hydrogen) atoms. The minimum absolute atomic E-state index is 0.245. The number of pyridine rings is 1. The van der Waals surface area contributed by atoms with Crippen LogP contribution >= 0.6 is 0 Å². The maximum atomic E-state index is 12.9. The van der Waals surface area contributed by atoms with Crippen LogP contribution in [0.15, 0.2) is 66.9 Å². The van der Waals surface area contributed by atoms with Crippen LogP contribution in [0.25, 0.3) is 0 Å². The van der Waals surface area contributed by atoms with E-state index >= 15 is 0 Å². The zero-order chi connectivity index (χ0) is 19.1. The molecule has 3 rings (SSSR count). The van der Waals surface area contributed by atoms with Gasteiger partial charge in [0.05, 0.1) is 19.0 Å². The van der Waals surface area contributed by atoms with Gasteiger partial charge in [0.1, 0.15) is 17.3 Å². The zero-order valence-electron chi connectivity index (χ0n) is 14.9. The first-order valence-corrected chi connectivity index (χ1v) is 8.54. The van der Waals surface area contributed by atoms with Crippen LogP contribution in [0, 0.1) is 5.82 Å². The molecule has 0 radical (unpaired) electrons. The fourth-order valence-electron chi connectivity index (χ4n) is 2.53. The Labute approximate surface area is 157 Å². The van der Waals surface area contributed by atoms with Gasteiger partial charge in [0, 0.05) is 18.3 Å². The van der Waals surface area contributed by atoms with Crippen molar-refractivity contribution >= 4 is 17.3 Å². The van der Waals surface area contributed by atoms with E-state index in [4.69, 9.17) is 4.74 Å². The van der Waals surface area contributed by atoms with E-state index in [1.54, 1.807) is 37.6 Å². The predicted octanol–water partition coefficient (Wildman–Crippen LogP) is 3.95. The molecular weight excluding hydrogens is 345 g/mol. The highest BCUT2D eigenvalue weighted by molar-refractivity contribution is 5.92. The number of nitrogens with one attached hydrogen (secondary N) is 2. The molecule has 0 unspecified atom stereocenters. The topological polar surface area (TPSA) is 63.2 Å². The van der Waals surface area contributed by atoms with Gasteiger partial charge in [-0.05, 0) is 48.4 Å². The lowest BCUT2D eigenvalue weighted by molar-refractivity contribution is 0.0949. The second-order valence-corrected chi connectivity index (χ2v) is 5.92.